The van der Waals surface area contributed by atoms with Crippen LogP contribution in [0.25, 0.3) is 5.70 Å². The summed E-state index contributed by atoms with van der Waals surface area (Å²) in [6.45, 7) is 0.389. The number of ether oxygens (including phenoxy) is 1. The standard InChI is InChI=1S/C13H12ClNO3/c1-18-9-5-6-10(12(16)8-9)11-4-2-3-7-15(11)13(14)17/h2-6,8,16H,7H2,1H3. The van der Waals surface area contributed by atoms with Gasteiger partial charge in [-0.25, -0.2) is 0 Å². The fourth-order valence-corrected chi connectivity index (χ4v) is 1.93. The van der Waals surface area contributed by atoms with Crippen LogP contribution in [0.1, 0.15) is 5.56 Å². The van der Waals surface area contributed by atoms with Crippen molar-refractivity contribution < 1.29 is 14.6 Å². The second-order valence-corrected chi connectivity index (χ2v) is 4.05. The first-order chi connectivity index (χ1) is 8.63. The van der Waals surface area contributed by atoms with Gasteiger partial charge in [0.25, 0.3) is 0 Å². The van der Waals surface area contributed by atoms with Crippen LogP contribution in [0.5, 0.6) is 11.5 Å². The van der Waals surface area contributed by atoms with Gasteiger partial charge < -0.3 is 9.84 Å². The first kappa shape index (κ1) is 12.5. The molecule has 1 heterocycles. The van der Waals surface area contributed by atoms with E-state index >= 15 is 0 Å². The number of nitrogens with zero attached hydrogens (tertiary/aromatic N) is 1. The smallest absolute Gasteiger partial charge is 0.321 e. The molecular weight excluding hydrogens is 254 g/mol. The molecule has 2 rings (SSSR count). The third kappa shape index (κ3) is 2.33. The van der Waals surface area contributed by atoms with Crippen LogP contribution in [0.4, 0.5) is 4.79 Å². The molecule has 0 fully saturated rings. The summed E-state index contributed by atoms with van der Waals surface area (Å²) in [5.74, 6) is 0.589. The van der Waals surface area contributed by atoms with Crippen molar-refractivity contribution in [3.63, 3.8) is 0 Å². The third-order valence-corrected chi connectivity index (χ3v) is 2.87. The molecule has 0 unspecified atom stereocenters. The molecule has 1 aromatic carbocycles. The van der Waals surface area contributed by atoms with Crippen LogP contribution in [0.2, 0.25) is 0 Å². The fourth-order valence-electron chi connectivity index (χ4n) is 1.77. The summed E-state index contributed by atoms with van der Waals surface area (Å²) in [4.78, 5) is 12.7. The SMILES string of the molecule is COc1ccc(C2=CC=CCN2C(=O)Cl)c(O)c1. The molecule has 0 spiro atoms. The average molecular weight is 266 g/mol. The van der Waals surface area contributed by atoms with Gasteiger partial charge in [0.1, 0.15) is 11.5 Å². The van der Waals surface area contributed by atoms with Gasteiger partial charge in [-0.15, -0.1) is 0 Å². The van der Waals surface area contributed by atoms with Crippen molar-refractivity contribution in [3.05, 3.63) is 42.0 Å². The lowest BCUT2D eigenvalue weighted by Gasteiger charge is -2.24. The van der Waals surface area contributed by atoms with Crippen LogP contribution in [0.3, 0.4) is 0 Å². The third-order valence-electron chi connectivity index (χ3n) is 2.66. The molecule has 0 aromatic heterocycles. The van der Waals surface area contributed by atoms with Gasteiger partial charge in [0.2, 0.25) is 0 Å². The van der Waals surface area contributed by atoms with Crippen LogP contribution >= 0.6 is 11.6 Å². The molecule has 4 nitrogen and oxygen atoms in total. The number of amides is 1. The number of methoxy groups -OCH3 is 1. The van der Waals surface area contributed by atoms with Gasteiger partial charge in [-0.2, -0.15) is 0 Å². The topological polar surface area (TPSA) is 49.8 Å². The van der Waals surface area contributed by atoms with Gasteiger partial charge in [0.15, 0.2) is 0 Å². The predicted molar refractivity (Wildman–Crippen MR) is 69.7 cm³/mol. The summed E-state index contributed by atoms with van der Waals surface area (Å²) in [7, 11) is 1.52. The normalized spacial score (nSPS) is 14.3. The van der Waals surface area contributed by atoms with E-state index in [1.165, 1.54) is 18.1 Å². The van der Waals surface area contributed by atoms with E-state index in [0.717, 1.165) is 0 Å². The minimum atomic E-state index is -0.583. The second-order valence-electron chi connectivity index (χ2n) is 3.73. The Balaban J connectivity index is 2.43. The zero-order valence-corrected chi connectivity index (χ0v) is 10.5. The molecule has 0 saturated heterocycles. The number of halogens is 1. The number of phenols is 1. The van der Waals surface area contributed by atoms with E-state index in [1.54, 1.807) is 18.2 Å². The van der Waals surface area contributed by atoms with Crippen LogP contribution in [0.15, 0.2) is 36.4 Å². The van der Waals surface area contributed by atoms with Crippen molar-refractivity contribution in [2.45, 2.75) is 0 Å². The molecule has 94 valence electrons. The van der Waals surface area contributed by atoms with Crippen LogP contribution in [-0.4, -0.2) is 29.0 Å². The van der Waals surface area contributed by atoms with Gasteiger partial charge in [-0.3, -0.25) is 9.69 Å². The quantitative estimate of drug-likeness (QED) is 0.661. The number of hydrogen-bond acceptors (Lipinski definition) is 3. The van der Waals surface area contributed by atoms with E-state index in [2.05, 4.69) is 0 Å². The summed E-state index contributed by atoms with van der Waals surface area (Å²) in [6, 6.07) is 4.89. The lowest BCUT2D eigenvalue weighted by Crippen LogP contribution is -2.26. The van der Waals surface area contributed by atoms with E-state index in [1.807, 2.05) is 12.2 Å². The van der Waals surface area contributed by atoms with E-state index in [0.29, 0.717) is 23.6 Å². The number of carbonyl (C=O) groups is 1. The maximum atomic E-state index is 11.3. The zero-order chi connectivity index (χ0) is 13.1. The van der Waals surface area contributed by atoms with Crippen molar-refractivity contribution >= 4 is 22.7 Å². The van der Waals surface area contributed by atoms with Gasteiger partial charge >= 0.3 is 5.37 Å². The first-order valence-electron chi connectivity index (χ1n) is 5.34. The van der Waals surface area contributed by atoms with Crippen LogP contribution < -0.4 is 4.74 Å². The summed E-state index contributed by atoms with van der Waals surface area (Å²) < 4.78 is 5.01. The summed E-state index contributed by atoms with van der Waals surface area (Å²) >= 11 is 5.52. The molecule has 0 bridgehead atoms. The molecule has 1 N–H and O–H groups in total. The minimum absolute atomic E-state index is 0.0406. The minimum Gasteiger partial charge on any atom is -0.507 e. The Labute approximate surface area is 110 Å². The maximum absolute atomic E-state index is 11.3. The summed E-state index contributed by atoms with van der Waals surface area (Å²) in [5, 5.41) is 9.37. The molecule has 0 radical (unpaired) electrons. The molecule has 0 saturated carbocycles. The molecule has 1 amide bonds. The molecule has 5 heteroatoms. The van der Waals surface area contributed by atoms with Gasteiger partial charge in [-0.1, -0.05) is 12.2 Å². The van der Waals surface area contributed by atoms with Crippen molar-refractivity contribution in [3.8, 4) is 11.5 Å². The Morgan fingerprint density at radius 1 is 1.50 bits per heavy atom. The van der Waals surface area contributed by atoms with Gasteiger partial charge in [0, 0.05) is 18.2 Å². The lowest BCUT2D eigenvalue weighted by atomic mass is 10.1. The van der Waals surface area contributed by atoms with Gasteiger partial charge in [-0.05, 0) is 29.8 Å². The number of benzene rings is 1. The van der Waals surface area contributed by atoms with Crippen LogP contribution in [-0.2, 0) is 0 Å². The molecule has 1 aromatic rings. The Kier molecular flexibility index (Phi) is 3.58. The summed E-state index contributed by atoms with van der Waals surface area (Å²) in [6.07, 6.45) is 5.35. The van der Waals surface area contributed by atoms with E-state index in [9.17, 15) is 9.90 Å². The maximum Gasteiger partial charge on any atom is 0.321 e. The molecule has 1 aliphatic rings. The summed E-state index contributed by atoms with van der Waals surface area (Å²) in [5.41, 5.74) is 1.10. The Morgan fingerprint density at radius 2 is 2.28 bits per heavy atom. The van der Waals surface area contributed by atoms with Crippen molar-refractivity contribution in [2.24, 2.45) is 0 Å². The first-order valence-corrected chi connectivity index (χ1v) is 5.72. The largest absolute Gasteiger partial charge is 0.507 e. The van der Waals surface area contributed by atoms with E-state index in [4.69, 9.17) is 16.3 Å². The average Bonchev–Trinajstić information content (AvgIpc) is 2.38. The molecular formula is C13H12ClNO3. The Morgan fingerprint density at radius 3 is 2.89 bits per heavy atom. The number of allylic oxidation sites excluding steroid dienone is 2. The van der Waals surface area contributed by atoms with Crippen LogP contribution in [0, 0.1) is 0 Å². The Bertz CT molecular complexity index is 537. The molecule has 0 aliphatic carbocycles. The highest BCUT2D eigenvalue weighted by Gasteiger charge is 2.20. The predicted octanol–water partition coefficient (Wildman–Crippen LogP) is 2.97. The molecule has 18 heavy (non-hydrogen) atoms. The van der Waals surface area contributed by atoms with E-state index in [-0.39, 0.29) is 5.75 Å². The number of phenolic OH excluding ortho intramolecular Hbond substituents is 1. The number of hydrogen-bond donors (Lipinski definition) is 1. The van der Waals surface area contributed by atoms with Crippen molar-refractivity contribution in [2.75, 3.05) is 13.7 Å². The molecule has 1 aliphatic heterocycles. The van der Waals surface area contributed by atoms with Crippen molar-refractivity contribution in [1.29, 1.82) is 0 Å². The number of aromatic hydroxyl groups is 1. The number of carbonyl (C=O) groups excluding carboxylic acids is 1. The van der Waals surface area contributed by atoms with Gasteiger partial charge in [0.05, 0.1) is 12.8 Å². The van der Waals surface area contributed by atoms with E-state index < -0.39 is 5.37 Å². The highest BCUT2D eigenvalue weighted by atomic mass is 35.5. The zero-order valence-electron chi connectivity index (χ0n) is 9.76. The second kappa shape index (κ2) is 5.14. The highest BCUT2D eigenvalue weighted by Crippen LogP contribution is 2.32. The Hall–Kier alpha value is -1.94. The number of rotatable bonds is 2. The molecule has 0 atom stereocenters. The highest BCUT2D eigenvalue weighted by molar-refractivity contribution is 6.63. The monoisotopic (exact) mass is 265 g/mol. The van der Waals surface area contributed by atoms with Crippen molar-refractivity contribution in [1.82, 2.24) is 4.90 Å². The lowest BCUT2D eigenvalue weighted by molar-refractivity contribution is 0.243. The fraction of sp³-hybridized carbons (Fsp3) is 0.154.